The fraction of sp³-hybridized carbons (Fsp3) is 0.429. The van der Waals surface area contributed by atoms with Gasteiger partial charge < -0.3 is 15.6 Å². The molecule has 0 radical (unpaired) electrons. The molecule has 0 saturated carbocycles. The zero-order chi connectivity index (χ0) is 15.1. The number of nitrogen functional groups attached to an aromatic ring is 1. The van der Waals surface area contributed by atoms with E-state index in [1.165, 1.54) is 6.92 Å². The number of carboxylic acid groups (broad SMARTS) is 1. The minimum absolute atomic E-state index is 0.250. The summed E-state index contributed by atoms with van der Waals surface area (Å²) in [5.41, 5.74) is 7.11. The van der Waals surface area contributed by atoms with E-state index in [0.717, 1.165) is 5.56 Å². The Bertz CT molecular complexity index is 459. The molecule has 0 bridgehead atoms. The zero-order valence-electron chi connectivity index (χ0n) is 11.6. The van der Waals surface area contributed by atoms with E-state index in [1.54, 1.807) is 31.2 Å². The smallest absolute Gasteiger partial charge is 0.323 e. The summed E-state index contributed by atoms with van der Waals surface area (Å²) >= 11 is 0. The molecule has 0 aliphatic carbocycles. The van der Waals surface area contributed by atoms with E-state index >= 15 is 0 Å². The number of anilines is 1. The Morgan fingerprint density at radius 1 is 1.35 bits per heavy atom. The second-order valence-electron chi connectivity index (χ2n) is 4.48. The van der Waals surface area contributed by atoms with E-state index in [1.807, 2.05) is 0 Å². The minimum atomic E-state index is -1.02. The maximum atomic E-state index is 11.9. The van der Waals surface area contributed by atoms with Crippen LogP contribution in [0.4, 0.5) is 5.69 Å². The van der Waals surface area contributed by atoms with Gasteiger partial charge in [0.25, 0.3) is 0 Å². The number of hydrogen-bond acceptors (Lipinski definition) is 5. The number of carbonyl (C=O) groups excluding carboxylic acids is 1. The fourth-order valence-corrected chi connectivity index (χ4v) is 1.72. The van der Waals surface area contributed by atoms with Gasteiger partial charge in [-0.15, -0.1) is 0 Å². The van der Waals surface area contributed by atoms with E-state index < -0.39 is 24.0 Å². The van der Waals surface area contributed by atoms with E-state index in [0.29, 0.717) is 12.1 Å². The average molecular weight is 280 g/mol. The molecule has 1 unspecified atom stereocenters. The van der Waals surface area contributed by atoms with Crippen molar-refractivity contribution in [2.45, 2.75) is 32.4 Å². The minimum Gasteiger partial charge on any atom is -0.480 e. The zero-order valence-corrected chi connectivity index (χ0v) is 11.6. The van der Waals surface area contributed by atoms with Crippen LogP contribution in [0.5, 0.6) is 0 Å². The molecule has 1 rings (SSSR count). The van der Waals surface area contributed by atoms with Crippen LogP contribution in [0.1, 0.15) is 19.4 Å². The highest BCUT2D eigenvalue weighted by molar-refractivity contribution is 5.78. The van der Waals surface area contributed by atoms with Crippen molar-refractivity contribution in [2.24, 2.45) is 0 Å². The molecule has 110 valence electrons. The van der Waals surface area contributed by atoms with Gasteiger partial charge in [-0.2, -0.15) is 0 Å². The summed E-state index contributed by atoms with van der Waals surface area (Å²) in [4.78, 5) is 22.8. The Balaban J connectivity index is 2.78. The Hall–Kier alpha value is -2.08. The first kappa shape index (κ1) is 16.0. The summed E-state index contributed by atoms with van der Waals surface area (Å²) < 4.78 is 4.96. The van der Waals surface area contributed by atoms with Crippen molar-refractivity contribution in [3.8, 4) is 0 Å². The lowest BCUT2D eigenvalue weighted by Gasteiger charge is -2.19. The van der Waals surface area contributed by atoms with Gasteiger partial charge in [0.1, 0.15) is 12.1 Å². The lowest BCUT2D eigenvalue weighted by Crippen LogP contribution is -2.47. The van der Waals surface area contributed by atoms with Crippen LogP contribution < -0.4 is 11.1 Å². The quantitative estimate of drug-likeness (QED) is 0.504. The maximum absolute atomic E-state index is 11.9. The highest BCUT2D eigenvalue weighted by atomic mass is 16.5. The molecule has 6 nitrogen and oxygen atoms in total. The predicted molar refractivity (Wildman–Crippen MR) is 75.2 cm³/mol. The van der Waals surface area contributed by atoms with Crippen molar-refractivity contribution >= 4 is 17.6 Å². The summed E-state index contributed by atoms with van der Waals surface area (Å²) in [6, 6.07) is 5.53. The lowest BCUT2D eigenvalue weighted by molar-refractivity contribution is -0.146. The van der Waals surface area contributed by atoms with Crippen molar-refractivity contribution in [2.75, 3.05) is 12.3 Å². The molecule has 0 heterocycles. The third kappa shape index (κ3) is 4.89. The molecule has 0 aliphatic rings. The molecule has 4 N–H and O–H groups in total. The number of nitrogens with two attached hydrogens (primary N) is 1. The summed E-state index contributed by atoms with van der Waals surface area (Å²) in [7, 11) is 0. The molecule has 0 aromatic heterocycles. The summed E-state index contributed by atoms with van der Waals surface area (Å²) in [6.45, 7) is 3.44. The van der Waals surface area contributed by atoms with Gasteiger partial charge in [-0.3, -0.25) is 14.9 Å². The number of hydrogen-bond donors (Lipinski definition) is 3. The molecular formula is C14H20N2O4. The number of carboxylic acids is 1. The van der Waals surface area contributed by atoms with E-state index in [2.05, 4.69) is 5.32 Å². The van der Waals surface area contributed by atoms with Crippen molar-refractivity contribution in [1.29, 1.82) is 0 Å². The highest BCUT2D eigenvalue weighted by Gasteiger charge is 2.24. The molecule has 0 saturated heterocycles. The molecule has 1 aromatic rings. The largest absolute Gasteiger partial charge is 0.480 e. The van der Waals surface area contributed by atoms with Crippen LogP contribution in [-0.4, -0.2) is 35.7 Å². The van der Waals surface area contributed by atoms with Gasteiger partial charge in [0, 0.05) is 5.69 Å². The van der Waals surface area contributed by atoms with Crippen molar-refractivity contribution < 1.29 is 19.4 Å². The number of ether oxygens (including phenoxy) is 1. The summed E-state index contributed by atoms with van der Waals surface area (Å²) in [5, 5.41) is 11.7. The highest BCUT2D eigenvalue weighted by Crippen LogP contribution is 2.09. The fourth-order valence-electron chi connectivity index (χ4n) is 1.72. The number of rotatable bonds is 7. The van der Waals surface area contributed by atoms with Gasteiger partial charge in [-0.05, 0) is 38.0 Å². The number of esters is 1. The number of aliphatic carboxylic acids is 1. The molecule has 0 aliphatic heterocycles. The third-order valence-corrected chi connectivity index (χ3v) is 2.81. The van der Waals surface area contributed by atoms with Crippen LogP contribution in [0.3, 0.4) is 0 Å². The average Bonchev–Trinajstić information content (AvgIpc) is 2.40. The topological polar surface area (TPSA) is 102 Å². The first-order valence-electron chi connectivity index (χ1n) is 6.44. The molecule has 0 fully saturated rings. The third-order valence-electron chi connectivity index (χ3n) is 2.81. The maximum Gasteiger partial charge on any atom is 0.323 e. The first-order chi connectivity index (χ1) is 9.43. The van der Waals surface area contributed by atoms with Gasteiger partial charge in [-0.1, -0.05) is 12.1 Å². The summed E-state index contributed by atoms with van der Waals surface area (Å²) in [6.07, 6.45) is 0.344. The van der Waals surface area contributed by atoms with Crippen LogP contribution in [0, 0.1) is 0 Å². The molecule has 20 heavy (non-hydrogen) atoms. The van der Waals surface area contributed by atoms with Crippen LogP contribution in [0.2, 0.25) is 0 Å². The molecule has 2 atom stereocenters. The number of benzene rings is 1. The van der Waals surface area contributed by atoms with Crippen LogP contribution in [-0.2, 0) is 20.7 Å². The monoisotopic (exact) mass is 280 g/mol. The Labute approximate surface area is 117 Å². The Morgan fingerprint density at radius 3 is 2.45 bits per heavy atom. The van der Waals surface area contributed by atoms with Crippen LogP contribution in [0.15, 0.2) is 24.3 Å². The van der Waals surface area contributed by atoms with Gasteiger partial charge >= 0.3 is 11.9 Å². The van der Waals surface area contributed by atoms with Crippen molar-refractivity contribution in [3.05, 3.63) is 29.8 Å². The molecule has 6 heteroatoms. The van der Waals surface area contributed by atoms with Crippen LogP contribution >= 0.6 is 0 Å². The van der Waals surface area contributed by atoms with Crippen molar-refractivity contribution in [1.82, 2.24) is 5.32 Å². The molecule has 0 amide bonds. The molecule has 1 aromatic carbocycles. The van der Waals surface area contributed by atoms with Gasteiger partial charge in [0.2, 0.25) is 0 Å². The number of carbonyl (C=O) groups is 2. The molecule has 0 spiro atoms. The SMILES string of the molecule is CCOC(=O)C(Cc1ccc(N)cc1)N[C@@H](C)C(=O)O. The van der Waals surface area contributed by atoms with Gasteiger partial charge in [-0.25, -0.2) is 0 Å². The van der Waals surface area contributed by atoms with E-state index in [4.69, 9.17) is 15.6 Å². The Kier molecular flexibility index (Phi) is 5.99. The second-order valence-corrected chi connectivity index (χ2v) is 4.48. The second kappa shape index (κ2) is 7.49. The number of nitrogens with one attached hydrogen (secondary N) is 1. The standard InChI is InChI=1S/C14H20N2O4/c1-3-20-14(19)12(16-9(2)13(17)18)8-10-4-6-11(15)7-5-10/h4-7,9,12,16H,3,8,15H2,1-2H3,(H,17,18)/t9-,12?/m0/s1. The van der Waals surface area contributed by atoms with Crippen LogP contribution in [0.25, 0.3) is 0 Å². The predicted octanol–water partition coefficient (Wildman–Crippen LogP) is 0.806. The first-order valence-corrected chi connectivity index (χ1v) is 6.44. The lowest BCUT2D eigenvalue weighted by atomic mass is 10.0. The summed E-state index contributed by atoms with van der Waals surface area (Å²) in [5.74, 6) is -1.48. The van der Waals surface area contributed by atoms with E-state index in [-0.39, 0.29) is 6.61 Å². The Morgan fingerprint density at radius 2 is 1.95 bits per heavy atom. The normalized spacial score (nSPS) is 13.5. The van der Waals surface area contributed by atoms with E-state index in [9.17, 15) is 9.59 Å². The van der Waals surface area contributed by atoms with Crippen molar-refractivity contribution in [3.63, 3.8) is 0 Å². The van der Waals surface area contributed by atoms with Gasteiger partial charge in [0.15, 0.2) is 0 Å². The molecular weight excluding hydrogens is 260 g/mol. The van der Waals surface area contributed by atoms with Gasteiger partial charge in [0.05, 0.1) is 6.61 Å².